The number of nitrogens with one attached hydrogen (secondary N) is 1. The Balaban J connectivity index is 1.42. The van der Waals surface area contributed by atoms with E-state index in [1.54, 1.807) is 6.92 Å². The number of hydrogen-bond acceptors (Lipinski definition) is 8. The van der Waals surface area contributed by atoms with E-state index in [1.807, 2.05) is 0 Å². The van der Waals surface area contributed by atoms with Crippen LogP contribution in [0.1, 0.15) is 41.4 Å². The van der Waals surface area contributed by atoms with Gasteiger partial charge in [-0.1, -0.05) is 12.1 Å². The van der Waals surface area contributed by atoms with Crippen molar-refractivity contribution >= 4 is 44.1 Å². The quantitative estimate of drug-likeness (QED) is 0.130. The first kappa shape index (κ1) is 34.9. The summed E-state index contributed by atoms with van der Waals surface area (Å²) in [6, 6.07) is 7.33. The summed E-state index contributed by atoms with van der Waals surface area (Å²) in [5, 5.41) is 19.6. The summed E-state index contributed by atoms with van der Waals surface area (Å²) in [6.45, 7) is -1.21. The highest BCUT2D eigenvalue weighted by Gasteiger charge is 2.57. The number of primary amides is 1. The molecule has 5 aromatic rings. The second kappa shape index (κ2) is 13.1. The van der Waals surface area contributed by atoms with E-state index in [2.05, 4.69) is 15.4 Å². The summed E-state index contributed by atoms with van der Waals surface area (Å²) in [5.74, 6) is -4.54. The van der Waals surface area contributed by atoms with Crippen LogP contribution in [0.5, 0.6) is 11.5 Å². The molecule has 50 heavy (non-hydrogen) atoms. The van der Waals surface area contributed by atoms with E-state index in [0.29, 0.717) is 5.39 Å². The lowest BCUT2D eigenvalue weighted by Gasteiger charge is -2.31. The van der Waals surface area contributed by atoms with Gasteiger partial charge in [-0.2, -0.15) is 18.3 Å². The number of carbonyl (C=O) groups is 2. The number of amides is 2. The largest absolute Gasteiger partial charge is 0.491 e. The Morgan fingerprint density at radius 2 is 1.94 bits per heavy atom. The van der Waals surface area contributed by atoms with Crippen molar-refractivity contribution in [3.8, 4) is 22.8 Å². The summed E-state index contributed by atoms with van der Waals surface area (Å²) in [4.78, 5) is 29.6. The maximum Gasteiger partial charge on any atom is 0.424 e. The maximum absolute atomic E-state index is 14.9. The van der Waals surface area contributed by atoms with Crippen molar-refractivity contribution in [2.45, 2.75) is 43.8 Å². The zero-order valence-corrected chi connectivity index (χ0v) is 27.1. The fourth-order valence-electron chi connectivity index (χ4n) is 5.49. The minimum absolute atomic E-state index is 0.00239. The third-order valence-electron chi connectivity index (χ3n) is 8.15. The highest BCUT2D eigenvalue weighted by molar-refractivity contribution is 7.17. The molecule has 6 rings (SSSR count). The fourth-order valence-corrected chi connectivity index (χ4v) is 6.45. The second-order valence-corrected chi connectivity index (χ2v) is 12.5. The molecule has 3 aromatic heterocycles. The lowest BCUT2D eigenvalue weighted by Crippen LogP contribution is -2.51. The highest BCUT2D eigenvalue weighted by Crippen LogP contribution is 2.46. The molecule has 1 aliphatic rings. The number of ether oxygens (including phenoxy) is 2. The van der Waals surface area contributed by atoms with Gasteiger partial charge in [0.25, 0.3) is 5.91 Å². The zero-order valence-electron chi connectivity index (χ0n) is 26.2. The Bertz CT molecular complexity index is 2110. The van der Waals surface area contributed by atoms with Gasteiger partial charge >= 0.3 is 6.18 Å². The zero-order chi connectivity index (χ0) is 36.0. The maximum atomic E-state index is 14.9. The lowest BCUT2D eigenvalue weighted by atomic mass is 9.93. The number of benzene rings is 2. The number of aliphatic hydroxyl groups is 1. The number of thiophene rings is 1. The van der Waals surface area contributed by atoms with Crippen LogP contribution in [0.4, 0.5) is 26.3 Å². The Morgan fingerprint density at radius 1 is 1.18 bits per heavy atom. The highest BCUT2D eigenvalue weighted by atomic mass is 32.1. The first-order valence-corrected chi connectivity index (χ1v) is 16.2. The minimum Gasteiger partial charge on any atom is -0.491 e. The number of carbonyl (C=O) groups excluding carboxylic acids is 2. The van der Waals surface area contributed by atoms with E-state index < -0.39 is 67.1 Å². The molecule has 0 spiro atoms. The van der Waals surface area contributed by atoms with E-state index in [-0.39, 0.29) is 68.9 Å². The molecule has 2 amide bonds. The van der Waals surface area contributed by atoms with Crippen molar-refractivity contribution in [2.75, 3.05) is 26.4 Å². The Morgan fingerprint density at radius 3 is 2.60 bits per heavy atom. The smallest absolute Gasteiger partial charge is 0.424 e. The predicted molar refractivity (Wildman–Crippen MR) is 171 cm³/mol. The summed E-state index contributed by atoms with van der Waals surface area (Å²) in [5.41, 5.74) is 0.255. The number of hydrogen-bond donors (Lipinski definition) is 3. The van der Waals surface area contributed by atoms with E-state index in [9.17, 15) is 41.0 Å². The molecular formula is C33H29F6N5O5S. The van der Waals surface area contributed by atoms with Gasteiger partial charge in [0.2, 0.25) is 17.3 Å². The number of nitrogens with two attached hydrogens (primary N) is 1. The van der Waals surface area contributed by atoms with Crippen LogP contribution in [0.25, 0.3) is 32.2 Å². The van der Waals surface area contributed by atoms with Gasteiger partial charge in [-0.3, -0.25) is 9.59 Å². The summed E-state index contributed by atoms with van der Waals surface area (Å²) >= 11 is 0.964. The van der Waals surface area contributed by atoms with Gasteiger partial charge in [0.05, 0.1) is 30.0 Å². The van der Waals surface area contributed by atoms with E-state index in [1.165, 1.54) is 35.8 Å². The fraction of sp³-hybridized carbons (Fsp3) is 0.333. The predicted octanol–water partition coefficient (Wildman–Crippen LogP) is 5.82. The molecule has 1 saturated carbocycles. The molecule has 0 bridgehead atoms. The van der Waals surface area contributed by atoms with Crippen LogP contribution in [0, 0.1) is 5.82 Å². The van der Waals surface area contributed by atoms with E-state index >= 15 is 0 Å². The minimum atomic E-state index is -5.45. The van der Waals surface area contributed by atoms with Crippen LogP contribution in [0.3, 0.4) is 0 Å². The van der Waals surface area contributed by atoms with Gasteiger partial charge in [0.1, 0.15) is 41.8 Å². The van der Waals surface area contributed by atoms with Crippen LogP contribution in [-0.2, 0) is 22.6 Å². The molecule has 3 heterocycles. The van der Waals surface area contributed by atoms with Gasteiger partial charge in [-0.15, -0.1) is 11.3 Å². The Labute approximate surface area is 283 Å². The topological polar surface area (TPSA) is 142 Å². The standard InChI is InChI=1S/C33H29F6N5O5S/c1-2-48-28-17(13-25(40)45)12-24(42-27(28)21-15-50-29-20(21)4-3-5-22(29)35)32(47,33(37,38)39)16-41-30(46)18-10-19-14-44(31(36)6-7-31)43-26(19)23(11-18)49-9-8-34/h3-5,10-12,14-15,47H,2,6-9,13,16H2,1H3,(H2,40,45)(H,41,46)/t32-/m0/s1. The normalized spacial score (nSPS) is 15.2. The molecule has 4 N–H and O–H groups in total. The monoisotopic (exact) mass is 721 g/mol. The SMILES string of the molecule is CCOc1c(CC(N)=O)cc([C@@](O)(CNC(=O)c2cc(OCCF)c3nn(C4(F)CC4)cc3c2)C(F)(F)F)nc1-c1csc2c(F)cccc12. The molecule has 2 aromatic carbocycles. The molecule has 264 valence electrons. The molecule has 0 saturated heterocycles. The average Bonchev–Trinajstić information content (AvgIpc) is 3.44. The van der Waals surface area contributed by atoms with Gasteiger partial charge in [-0.25, -0.2) is 22.8 Å². The molecule has 1 fully saturated rings. The van der Waals surface area contributed by atoms with E-state index in [0.717, 1.165) is 28.2 Å². The van der Waals surface area contributed by atoms with Crippen LogP contribution < -0.4 is 20.5 Å². The molecule has 1 atom stereocenters. The van der Waals surface area contributed by atoms with Crippen molar-refractivity contribution in [2.24, 2.45) is 5.73 Å². The number of halogens is 6. The summed E-state index contributed by atoms with van der Waals surface area (Å²) in [6.07, 6.45) is -4.35. The number of alkyl halides is 5. The number of pyridine rings is 1. The van der Waals surface area contributed by atoms with Crippen molar-refractivity contribution in [3.05, 3.63) is 70.6 Å². The number of nitrogens with zero attached hydrogens (tertiary/aromatic N) is 3. The van der Waals surface area contributed by atoms with Gasteiger partial charge in [0, 0.05) is 51.9 Å². The third-order valence-corrected chi connectivity index (χ3v) is 9.16. The molecular weight excluding hydrogens is 692 g/mol. The van der Waals surface area contributed by atoms with Gasteiger partial charge in [0.15, 0.2) is 0 Å². The lowest BCUT2D eigenvalue weighted by molar-refractivity contribution is -0.265. The Hall–Kier alpha value is -4.90. The molecule has 0 unspecified atom stereocenters. The summed E-state index contributed by atoms with van der Waals surface area (Å²) < 4.78 is 99.3. The molecule has 10 nitrogen and oxygen atoms in total. The van der Waals surface area contributed by atoms with Crippen molar-refractivity contribution in [1.29, 1.82) is 0 Å². The first-order chi connectivity index (χ1) is 23.7. The van der Waals surface area contributed by atoms with Crippen LogP contribution in [0.2, 0.25) is 0 Å². The summed E-state index contributed by atoms with van der Waals surface area (Å²) in [7, 11) is 0. The Kier molecular flexibility index (Phi) is 9.15. The van der Waals surface area contributed by atoms with Gasteiger partial charge < -0.3 is 25.6 Å². The molecule has 1 aliphatic carbocycles. The van der Waals surface area contributed by atoms with Crippen LogP contribution >= 0.6 is 11.3 Å². The van der Waals surface area contributed by atoms with Crippen LogP contribution in [-0.4, -0.2) is 64.3 Å². The first-order valence-electron chi connectivity index (χ1n) is 15.3. The average molecular weight is 722 g/mol. The van der Waals surface area contributed by atoms with Gasteiger partial charge in [-0.05, 0) is 31.2 Å². The third kappa shape index (κ3) is 6.42. The number of aromatic nitrogens is 3. The van der Waals surface area contributed by atoms with Crippen molar-refractivity contribution in [3.63, 3.8) is 0 Å². The van der Waals surface area contributed by atoms with Crippen molar-refractivity contribution < 1.29 is 50.5 Å². The van der Waals surface area contributed by atoms with Crippen LogP contribution in [0.15, 0.2) is 48.0 Å². The second-order valence-electron chi connectivity index (χ2n) is 11.7. The molecule has 17 heteroatoms. The molecule has 0 aliphatic heterocycles. The number of fused-ring (bicyclic) bond motifs is 2. The van der Waals surface area contributed by atoms with E-state index in [4.69, 9.17) is 15.2 Å². The number of rotatable bonds is 13. The van der Waals surface area contributed by atoms with Crippen molar-refractivity contribution in [1.82, 2.24) is 20.1 Å². The molecule has 0 radical (unpaired) electrons.